The minimum Gasteiger partial charge on any atom is -0.479 e. The van der Waals surface area contributed by atoms with Gasteiger partial charge in [-0.15, -0.1) is 0 Å². The first-order valence-corrected chi connectivity index (χ1v) is 5.93. The van der Waals surface area contributed by atoms with Gasteiger partial charge in [0.1, 0.15) is 0 Å². The number of benzene rings is 1. The van der Waals surface area contributed by atoms with E-state index in [0.29, 0.717) is 31.9 Å². The Bertz CT molecular complexity index is 403. The van der Waals surface area contributed by atoms with Crippen molar-refractivity contribution in [2.75, 3.05) is 26.3 Å². The topological polar surface area (TPSA) is 59.0 Å². The normalized spacial score (nSPS) is 20.3. The van der Waals surface area contributed by atoms with Gasteiger partial charge in [0.2, 0.25) is 5.60 Å². The Labute approximate surface area is 106 Å². The van der Waals surface area contributed by atoms with Gasteiger partial charge in [0.05, 0.1) is 13.2 Å². The van der Waals surface area contributed by atoms with E-state index in [0.717, 1.165) is 0 Å². The fourth-order valence-electron chi connectivity index (χ4n) is 1.87. The molecule has 2 rings (SSSR count). The summed E-state index contributed by atoms with van der Waals surface area (Å²) in [5.74, 6) is -1.000. The molecule has 1 saturated heterocycles. The van der Waals surface area contributed by atoms with E-state index >= 15 is 0 Å². The van der Waals surface area contributed by atoms with Gasteiger partial charge in [-0.05, 0) is 12.5 Å². The molecule has 0 aliphatic carbocycles. The lowest BCUT2D eigenvalue weighted by Crippen LogP contribution is -2.46. The van der Waals surface area contributed by atoms with Crippen molar-refractivity contribution >= 4 is 5.97 Å². The van der Waals surface area contributed by atoms with Crippen LogP contribution in [0.1, 0.15) is 12.5 Å². The van der Waals surface area contributed by atoms with Crippen LogP contribution in [0.4, 0.5) is 0 Å². The molecule has 1 aliphatic rings. The highest BCUT2D eigenvalue weighted by molar-refractivity contribution is 5.78. The third kappa shape index (κ3) is 2.69. The smallest absolute Gasteiger partial charge is 0.342 e. The highest BCUT2D eigenvalue weighted by atomic mass is 16.7. The minimum absolute atomic E-state index is 0.560. The molecule has 1 fully saturated rings. The van der Waals surface area contributed by atoms with Crippen molar-refractivity contribution in [3.05, 3.63) is 35.9 Å². The van der Waals surface area contributed by atoms with Crippen LogP contribution < -0.4 is 0 Å². The van der Waals surface area contributed by atoms with Gasteiger partial charge in [-0.1, -0.05) is 30.3 Å². The lowest BCUT2D eigenvalue weighted by molar-refractivity contribution is -0.266. The minimum atomic E-state index is -1.36. The summed E-state index contributed by atoms with van der Waals surface area (Å²) in [4.78, 5) is 17.2. The SMILES string of the molecule is CC(ON1CCOCC1)(C(=O)O)c1ccccc1. The maximum absolute atomic E-state index is 11.5. The Hall–Kier alpha value is -1.43. The summed E-state index contributed by atoms with van der Waals surface area (Å²) in [7, 11) is 0. The van der Waals surface area contributed by atoms with E-state index in [1.54, 1.807) is 36.3 Å². The molecule has 0 saturated carbocycles. The molecule has 98 valence electrons. The number of hydrogen-bond acceptors (Lipinski definition) is 4. The Balaban J connectivity index is 2.19. The number of rotatable bonds is 4. The first kappa shape index (κ1) is 13.0. The number of carbonyl (C=O) groups is 1. The van der Waals surface area contributed by atoms with E-state index in [4.69, 9.17) is 9.57 Å². The second-order valence-electron chi connectivity index (χ2n) is 4.34. The lowest BCUT2D eigenvalue weighted by Gasteiger charge is -2.34. The summed E-state index contributed by atoms with van der Waals surface area (Å²) < 4.78 is 5.21. The van der Waals surface area contributed by atoms with E-state index in [9.17, 15) is 9.90 Å². The Morgan fingerprint density at radius 1 is 1.33 bits per heavy atom. The molecule has 0 amide bonds. The van der Waals surface area contributed by atoms with Gasteiger partial charge in [0.25, 0.3) is 0 Å². The second kappa shape index (κ2) is 5.48. The van der Waals surface area contributed by atoms with Crippen molar-refractivity contribution in [1.82, 2.24) is 5.06 Å². The number of carboxylic acid groups (broad SMARTS) is 1. The number of ether oxygens (including phenoxy) is 1. The maximum atomic E-state index is 11.5. The van der Waals surface area contributed by atoms with Crippen molar-refractivity contribution in [3.63, 3.8) is 0 Å². The number of carboxylic acids is 1. The summed E-state index contributed by atoms with van der Waals surface area (Å²) in [6.07, 6.45) is 0. The van der Waals surface area contributed by atoms with E-state index in [1.165, 1.54) is 0 Å². The Morgan fingerprint density at radius 3 is 2.50 bits per heavy atom. The number of hydrogen-bond donors (Lipinski definition) is 1. The molecule has 0 radical (unpaired) electrons. The standard InChI is InChI=1S/C13H17NO4/c1-13(12(15)16,11-5-3-2-4-6-11)18-14-7-9-17-10-8-14/h2-6H,7-10H2,1H3,(H,15,16). The zero-order valence-corrected chi connectivity index (χ0v) is 10.3. The number of hydroxylamine groups is 2. The number of nitrogens with zero attached hydrogens (tertiary/aromatic N) is 1. The summed E-state index contributed by atoms with van der Waals surface area (Å²) in [5, 5.41) is 11.1. The van der Waals surface area contributed by atoms with Crippen LogP contribution in [0, 0.1) is 0 Å². The van der Waals surface area contributed by atoms with E-state index in [-0.39, 0.29) is 0 Å². The molecule has 0 aromatic heterocycles. The van der Waals surface area contributed by atoms with E-state index in [2.05, 4.69) is 0 Å². The first-order chi connectivity index (χ1) is 8.63. The average molecular weight is 251 g/mol. The zero-order valence-electron chi connectivity index (χ0n) is 10.3. The van der Waals surface area contributed by atoms with Crippen LogP contribution in [0.5, 0.6) is 0 Å². The lowest BCUT2D eigenvalue weighted by atomic mass is 9.96. The number of aliphatic carboxylic acids is 1. The van der Waals surface area contributed by atoms with Gasteiger partial charge < -0.3 is 9.84 Å². The third-order valence-electron chi connectivity index (χ3n) is 3.01. The van der Waals surface area contributed by atoms with Crippen LogP contribution in [0.15, 0.2) is 30.3 Å². The summed E-state index contributed by atoms with van der Waals surface area (Å²) in [6, 6.07) is 8.97. The first-order valence-electron chi connectivity index (χ1n) is 5.93. The van der Waals surface area contributed by atoms with Gasteiger partial charge >= 0.3 is 5.97 Å². The highest BCUT2D eigenvalue weighted by Crippen LogP contribution is 2.27. The molecule has 5 nitrogen and oxygen atoms in total. The van der Waals surface area contributed by atoms with Gasteiger partial charge in [-0.2, -0.15) is 5.06 Å². The maximum Gasteiger partial charge on any atom is 0.342 e. The monoisotopic (exact) mass is 251 g/mol. The van der Waals surface area contributed by atoms with Crippen molar-refractivity contribution < 1.29 is 19.5 Å². The molecule has 1 N–H and O–H groups in total. The molecule has 1 aliphatic heterocycles. The molecule has 1 aromatic carbocycles. The molecule has 1 atom stereocenters. The van der Waals surface area contributed by atoms with Gasteiger partial charge in [0, 0.05) is 13.1 Å². The molecular formula is C13H17NO4. The van der Waals surface area contributed by atoms with Crippen molar-refractivity contribution in [2.24, 2.45) is 0 Å². The number of morpholine rings is 1. The molecule has 5 heteroatoms. The highest BCUT2D eigenvalue weighted by Gasteiger charge is 2.39. The fraction of sp³-hybridized carbons (Fsp3) is 0.462. The van der Waals surface area contributed by atoms with Gasteiger partial charge in [-0.25, -0.2) is 4.79 Å². The fourth-order valence-corrected chi connectivity index (χ4v) is 1.87. The molecule has 1 heterocycles. The predicted molar refractivity (Wildman–Crippen MR) is 64.9 cm³/mol. The zero-order chi connectivity index (χ0) is 13.0. The molecule has 0 bridgehead atoms. The van der Waals surface area contributed by atoms with E-state index in [1.807, 2.05) is 6.07 Å². The molecule has 18 heavy (non-hydrogen) atoms. The van der Waals surface area contributed by atoms with Crippen LogP contribution >= 0.6 is 0 Å². The molecular weight excluding hydrogens is 234 g/mol. The predicted octanol–water partition coefficient (Wildman–Crippen LogP) is 1.25. The Morgan fingerprint density at radius 2 is 1.94 bits per heavy atom. The van der Waals surface area contributed by atoms with Crippen LogP contribution in [-0.2, 0) is 20.0 Å². The van der Waals surface area contributed by atoms with Gasteiger partial charge in [-0.3, -0.25) is 4.84 Å². The van der Waals surface area contributed by atoms with Crippen molar-refractivity contribution in [1.29, 1.82) is 0 Å². The van der Waals surface area contributed by atoms with Crippen molar-refractivity contribution in [2.45, 2.75) is 12.5 Å². The van der Waals surface area contributed by atoms with Crippen molar-refractivity contribution in [3.8, 4) is 0 Å². The Kier molecular flexibility index (Phi) is 3.96. The van der Waals surface area contributed by atoms with Crippen LogP contribution in [0.2, 0.25) is 0 Å². The summed E-state index contributed by atoms with van der Waals surface area (Å²) in [5.41, 5.74) is -0.734. The molecule has 1 aromatic rings. The molecule has 0 spiro atoms. The van der Waals surface area contributed by atoms with Gasteiger partial charge in [0.15, 0.2) is 0 Å². The summed E-state index contributed by atoms with van der Waals surface area (Å²) >= 11 is 0. The molecule has 1 unspecified atom stereocenters. The third-order valence-corrected chi connectivity index (χ3v) is 3.01. The average Bonchev–Trinajstić information content (AvgIpc) is 2.40. The van der Waals surface area contributed by atoms with Crippen LogP contribution in [0.25, 0.3) is 0 Å². The summed E-state index contributed by atoms with van der Waals surface area (Å²) in [6.45, 7) is 3.85. The quantitative estimate of drug-likeness (QED) is 0.872. The van der Waals surface area contributed by atoms with Crippen LogP contribution in [-0.4, -0.2) is 42.4 Å². The van der Waals surface area contributed by atoms with E-state index < -0.39 is 11.6 Å². The van der Waals surface area contributed by atoms with Crippen LogP contribution in [0.3, 0.4) is 0 Å². The largest absolute Gasteiger partial charge is 0.479 e. The second-order valence-corrected chi connectivity index (χ2v) is 4.34.